The summed E-state index contributed by atoms with van der Waals surface area (Å²) >= 11 is 19.8. The first-order valence-corrected chi connectivity index (χ1v) is 19.8. The number of alkyl carbamates (subject to hydrolysis) is 1. The van der Waals surface area contributed by atoms with Gasteiger partial charge in [-0.15, -0.1) is 0 Å². The number of hydrogen-bond donors (Lipinski definition) is 1. The maximum Gasteiger partial charge on any atom is 0.408 e. The number of fused-ring (bicyclic) bond motifs is 2. The third-order valence-corrected chi connectivity index (χ3v) is 10.5. The Morgan fingerprint density at radius 2 is 1.61 bits per heavy atom. The predicted molar refractivity (Wildman–Crippen MR) is 213 cm³/mol. The number of anilines is 1. The summed E-state index contributed by atoms with van der Waals surface area (Å²) in [4.78, 5) is 33.0. The number of aryl methyl sites for hydroxylation is 1. The van der Waals surface area contributed by atoms with Crippen LogP contribution in [0.15, 0.2) is 71.5 Å². The Morgan fingerprint density at radius 1 is 0.946 bits per heavy atom. The molecule has 12 nitrogen and oxygen atoms in total. The third-order valence-electron chi connectivity index (χ3n) is 8.54. The van der Waals surface area contributed by atoms with Crippen LogP contribution in [0, 0.1) is 11.6 Å². The number of carbonyl (C=O) groups excluding carboxylic acids is 1. The van der Waals surface area contributed by atoms with E-state index in [2.05, 4.69) is 10.4 Å². The number of nitrogens with zero attached hydrogens (tertiary/aromatic N) is 5. The molecule has 294 valence electrons. The summed E-state index contributed by atoms with van der Waals surface area (Å²) in [6.45, 7) is 4.81. The maximum absolute atomic E-state index is 14.8. The van der Waals surface area contributed by atoms with Crippen LogP contribution in [-0.2, 0) is 34.8 Å². The lowest BCUT2D eigenvalue weighted by Crippen LogP contribution is -2.39. The van der Waals surface area contributed by atoms with Crippen molar-refractivity contribution in [2.24, 2.45) is 7.05 Å². The van der Waals surface area contributed by atoms with E-state index in [9.17, 15) is 26.8 Å². The molecular formula is C38H35Cl3F2N6O6S. The highest BCUT2D eigenvalue weighted by molar-refractivity contribution is 7.92. The Hall–Kier alpha value is -4.96. The van der Waals surface area contributed by atoms with E-state index in [0.29, 0.717) is 17.4 Å². The number of ether oxygens (including phenoxy) is 2. The van der Waals surface area contributed by atoms with Crippen LogP contribution < -0.4 is 19.9 Å². The Bertz CT molecular complexity index is 2660. The van der Waals surface area contributed by atoms with Gasteiger partial charge in [-0.1, -0.05) is 46.9 Å². The molecule has 0 unspecified atom stereocenters. The van der Waals surface area contributed by atoms with Gasteiger partial charge in [0.1, 0.15) is 28.8 Å². The molecule has 2 heterocycles. The van der Waals surface area contributed by atoms with Crippen molar-refractivity contribution in [1.82, 2.24) is 24.6 Å². The van der Waals surface area contributed by atoms with Crippen LogP contribution >= 0.6 is 34.8 Å². The second-order valence-electron chi connectivity index (χ2n) is 13.9. The minimum absolute atomic E-state index is 0.0344. The molecule has 1 atom stereocenters. The highest BCUT2D eigenvalue weighted by Crippen LogP contribution is 2.39. The van der Waals surface area contributed by atoms with Gasteiger partial charge in [0.2, 0.25) is 10.0 Å². The molecule has 2 aromatic heterocycles. The lowest BCUT2D eigenvalue weighted by Gasteiger charge is -2.26. The molecule has 0 aliphatic rings. The number of benzene rings is 4. The number of rotatable bonds is 10. The summed E-state index contributed by atoms with van der Waals surface area (Å²) in [5.41, 5.74) is -0.611. The van der Waals surface area contributed by atoms with Gasteiger partial charge in [-0.05, 0) is 80.4 Å². The van der Waals surface area contributed by atoms with E-state index in [-0.39, 0.29) is 72.7 Å². The molecule has 0 spiro atoms. The fourth-order valence-corrected chi connectivity index (χ4v) is 7.90. The lowest BCUT2D eigenvalue weighted by atomic mass is 10.0. The fourth-order valence-electron chi connectivity index (χ4n) is 6.28. The zero-order chi connectivity index (χ0) is 40.9. The molecule has 0 aliphatic carbocycles. The van der Waals surface area contributed by atoms with Crippen molar-refractivity contribution in [2.45, 2.75) is 45.4 Å². The number of methoxy groups -OCH3 is 1. The number of hydrogen-bond acceptors (Lipinski definition) is 8. The van der Waals surface area contributed by atoms with Gasteiger partial charge in [-0.25, -0.2) is 31.3 Å². The molecule has 0 bridgehead atoms. The summed E-state index contributed by atoms with van der Waals surface area (Å²) < 4.78 is 70.3. The van der Waals surface area contributed by atoms with Crippen LogP contribution in [0.5, 0.6) is 5.75 Å². The minimum Gasteiger partial charge on any atom is -0.497 e. The van der Waals surface area contributed by atoms with Crippen LogP contribution in [0.4, 0.5) is 19.4 Å². The molecule has 1 N–H and O–H groups in total. The Morgan fingerprint density at radius 3 is 2.21 bits per heavy atom. The predicted octanol–water partition coefficient (Wildman–Crippen LogP) is 8.29. The molecule has 4 aromatic carbocycles. The Kier molecular flexibility index (Phi) is 11.3. The molecule has 0 saturated heterocycles. The van der Waals surface area contributed by atoms with E-state index in [4.69, 9.17) is 49.3 Å². The number of nitrogens with one attached hydrogen (secondary N) is 1. The first kappa shape index (κ1) is 40.7. The van der Waals surface area contributed by atoms with Crippen LogP contribution in [-0.4, -0.2) is 52.8 Å². The average Bonchev–Trinajstić information content (AvgIpc) is 3.42. The quantitative estimate of drug-likeness (QED) is 0.145. The SMILES string of the molecule is COc1ccc(CN(c2nn(C)c3c(-n4c([C@H](Cc5cc(F)cc(F)c5)NC(=O)OC(C)(C)C)nc5cc(Cl)cc(Cl)c5c4=O)ccc(Cl)c23)S(C)(=O)=O)cc1. The highest BCUT2D eigenvalue weighted by Gasteiger charge is 2.31. The fraction of sp³-hybridized carbons (Fsp3) is 0.263. The Balaban J connectivity index is 1.65. The largest absolute Gasteiger partial charge is 0.497 e. The molecular weight excluding hydrogens is 813 g/mol. The average molecular weight is 848 g/mol. The standard InChI is InChI=1S/C38H35Cl3F2N6O6S/c1-38(2,3)55-37(51)45-29(15-21-13-23(42)18-24(43)14-21)34-44-28-17-22(39)16-27(41)31(28)36(50)49(34)30-12-11-26(40)32-33(30)47(4)46-35(32)48(56(6,52)53)19-20-7-9-25(54-5)10-8-20/h7-14,16-18,29H,15,19H2,1-6H3,(H,45,51)/t29-/m0/s1. The Labute approximate surface area is 335 Å². The van der Waals surface area contributed by atoms with E-state index >= 15 is 0 Å². The van der Waals surface area contributed by atoms with Gasteiger partial charge in [0.05, 0.1) is 63.5 Å². The van der Waals surface area contributed by atoms with Crippen molar-refractivity contribution in [3.05, 3.63) is 121 Å². The first-order valence-electron chi connectivity index (χ1n) is 16.9. The normalized spacial score (nSPS) is 12.6. The lowest BCUT2D eigenvalue weighted by molar-refractivity contribution is 0.0500. The van der Waals surface area contributed by atoms with Crippen LogP contribution in [0.3, 0.4) is 0 Å². The van der Waals surface area contributed by atoms with Crippen LogP contribution in [0.2, 0.25) is 15.1 Å². The number of amides is 1. The van der Waals surface area contributed by atoms with Gasteiger partial charge < -0.3 is 14.8 Å². The second kappa shape index (κ2) is 15.5. The summed E-state index contributed by atoms with van der Waals surface area (Å²) in [6.07, 6.45) is -0.173. The zero-order valence-electron chi connectivity index (χ0n) is 30.8. The topological polar surface area (TPSA) is 138 Å². The second-order valence-corrected chi connectivity index (χ2v) is 17.1. The highest BCUT2D eigenvalue weighted by atomic mass is 35.5. The van der Waals surface area contributed by atoms with Crippen molar-refractivity contribution in [3.63, 3.8) is 0 Å². The molecule has 0 radical (unpaired) electrons. The van der Waals surface area contributed by atoms with E-state index in [1.54, 1.807) is 45.0 Å². The van der Waals surface area contributed by atoms with Crippen molar-refractivity contribution in [1.29, 1.82) is 0 Å². The molecule has 1 amide bonds. The molecule has 56 heavy (non-hydrogen) atoms. The van der Waals surface area contributed by atoms with Gasteiger partial charge in [0.15, 0.2) is 5.82 Å². The zero-order valence-corrected chi connectivity index (χ0v) is 33.9. The van der Waals surface area contributed by atoms with E-state index < -0.39 is 45.0 Å². The summed E-state index contributed by atoms with van der Waals surface area (Å²) in [5.74, 6) is -1.33. The number of sulfonamides is 1. The van der Waals surface area contributed by atoms with Crippen molar-refractivity contribution < 1.29 is 31.5 Å². The van der Waals surface area contributed by atoms with Crippen molar-refractivity contribution in [2.75, 3.05) is 17.7 Å². The van der Waals surface area contributed by atoms with Crippen molar-refractivity contribution >= 4 is 78.5 Å². The third kappa shape index (κ3) is 8.55. The summed E-state index contributed by atoms with van der Waals surface area (Å²) in [5, 5.41) is 7.67. The smallest absolute Gasteiger partial charge is 0.408 e. The molecule has 18 heteroatoms. The van der Waals surface area contributed by atoms with Gasteiger partial charge in [0, 0.05) is 24.6 Å². The summed E-state index contributed by atoms with van der Waals surface area (Å²) in [7, 11) is -0.956. The van der Waals surface area contributed by atoms with Gasteiger partial charge >= 0.3 is 6.09 Å². The number of carbonyl (C=O) groups is 1. The van der Waals surface area contributed by atoms with Gasteiger partial charge in [-0.2, -0.15) is 5.10 Å². The van der Waals surface area contributed by atoms with E-state index in [1.165, 1.54) is 43.1 Å². The van der Waals surface area contributed by atoms with Crippen LogP contribution in [0.25, 0.3) is 27.5 Å². The van der Waals surface area contributed by atoms with E-state index in [0.717, 1.165) is 27.3 Å². The van der Waals surface area contributed by atoms with E-state index in [1.807, 2.05) is 0 Å². The summed E-state index contributed by atoms with van der Waals surface area (Å²) in [6, 6.07) is 14.1. The van der Waals surface area contributed by atoms with Crippen molar-refractivity contribution in [3.8, 4) is 11.4 Å². The van der Waals surface area contributed by atoms with Crippen LogP contribution in [0.1, 0.15) is 43.8 Å². The molecule has 0 aliphatic heterocycles. The molecule has 0 saturated carbocycles. The molecule has 6 rings (SSSR count). The monoisotopic (exact) mass is 846 g/mol. The molecule has 6 aromatic rings. The maximum atomic E-state index is 14.8. The number of halogens is 5. The van der Waals surface area contributed by atoms with Gasteiger partial charge in [0.25, 0.3) is 5.56 Å². The first-order chi connectivity index (χ1) is 26.2. The van der Waals surface area contributed by atoms with Gasteiger partial charge in [-0.3, -0.25) is 14.0 Å². The molecule has 0 fully saturated rings. The number of aromatic nitrogens is 4. The minimum atomic E-state index is -4.01.